The maximum Gasteiger partial charge on any atom is 0.263 e. The number of pyridine rings is 1. The van der Waals surface area contributed by atoms with Crippen molar-refractivity contribution in [2.24, 2.45) is 0 Å². The Bertz CT molecular complexity index is 925. The van der Waals surface area contributed by atoms with E-state index < -0.39 is 0 Å². The molecule has 0 spiro atoms. The first-order chi connectivity index (χ1) is 13.1. The fourth-order valence-electron chi connectivity index (χ4n) is 2.63. The third-order valence-corrected chi connectivity index (χ3v) is 5.23. The molecular weight excluding hydrogens is 362 g/mol. The van der Waals surface area contributed by atoms with Gasteiger partial charge in [0.1, 0.15) is 9.88 Å². The van der Waals surface area contributed by atoms with Gasteiger partial charge in [-0.25, -0.2) is 4.98 Å². The minimum atomic E-state index is -0.118. The summed E-state index contributed by atoms with van der Waals surface area (Å²) in [4.78, 5) is 21.9. The van der Waals surface area contributed by atoms with E-state index >= 15 is 0 Å². The molecule has 0 saturated carbocycles. The van der Waals surface area contributed by atoms with Crippen LogP contribution in [0, 0.1) is 6.92 Å². The molecule has 0 unspecified atom stereocenters. The van der Waals surface area contributed by atoms with Crippen molar-refractivity contribution in [3.8, 4) is 22.1 Å². The van der Waals surface area contributed by atoms with Gasteiger partial charge >= 0.3 is 0 Å². The van der Waals surface area contributed by atoms with Gasteiger partial charge in [0.05, 0.1) is 19.9 Å². The Balaban J connectivity index is 1.71. The van der Waals surface area contributed by atoms with Gasteiger partial charge in [-0.15, -0.1) is 11.3 Å². The van der Waals surface area contributed by atoms with Crippen LogP contribution in [0.5, 0.6) is 11.5 Å². The van der Waals surface area contributed by atoms with Gasteiger partial charge in [0.2, 0.25) is 0 Å². The number of aryl methyl sites for hydroxylation is 1. The van der Waals surface area contributed by atoms with Crippen LogP contribution >= 0.6 is 11.3 Å². The molecule has 3 aromatic rings. The lowest BCUT2D eigenvalue weighted by Gasteiger charge is -2.08. The van der Waals surface area contributed by atoms with Crippen LogP contribution in [0.4, 0.5) is 0 Å². The third-order valence-electron chi connectivity index (χ3n) is 4.03. The fraction of sp³-hybridized carbons (Fsp3) is 0.250. The van der Waals surface area contributed by atoms with Crippen molar-refractivity contribution < 1.29 is 14.3 Å². The second-order valence-electron chi connectivity index (χ2n) is 5.83. The quantitative estimate of drug-likeness (QED) is 0.676. The van der Waals surface area contributed by atoms with Crippen LogP contribution in [0.25, 0.3) is 10.6 Å². The smallest absolute Gasteiger partial charge is 0.263 e. The van der Waals surface area contributed by atoms with Crippen LogP contribution in [-0.4, -0.2) is 36.6 Å². The first-order valence-corrected chi connectivity index (χ1v) is 9.32. The van der Waals surface area contributed by atoms with E-state index in [2.05, 4.69) is 15.3 Å². The van der Waals surface area contributed by atoms with E-state index in [-0.39, 0.29) is 5.91 Å². The topological polar surface area (TPSA) is 73.3 Å². The van der Waals surface area contributed by atoms with Crippen molar-refractivity contribution in [3.63, 3.8) is 0 Å². The van der Waals surface area contributed by atoms with E-state index in [1.807, 2.05) is 43.3 Å². The highest BCUT2D eigenvalue weighted by Gasteiger charge is 2.17. The predicted molar refractivity (Wildman–Crippen MR) is 106 cm³/mol. The summed E-state index contributed by atoms with van der Waals surface area (Å²) < 4.78 is 10.6. The van der Waals surface area contributed by atoms with E-state index in [9.17, 15) is 4.79 Å². The number of benzene rings is 1. The summed E-state index contributed by atoms with van der Waals surface area (Å²) in [7, 11) is 3.19. The molecule has 7 heteroatoms. The van der Waals surface area contributed by atoms with Crippen molar-refractivity contribution in [3.05, 3.63) is 58.9 Å². The molecule has 1 N–H and O–H groups in total. The Kier molecular flexibility index (Phi) is 6.03. The molecule has 3 rings (SSSR count). The summed E-state index contributed by atoms with van der Waals surface area (Å²) in [5, 5.41) is 3.71. The van der Waals surface area contributed by atoms with Gasteiger partial charge in [0.25, 0.3) is 5.91 Å². The van der Waals surface area contributed by atoms with Crippen LogP contribution in [0.2, 0.25) is 0 Å². The van der Waals surface area contributed by atoms with Crippen molar-refractivity contribution in [1.29, 1.82) is 0 Å². The van der Waals surface area contributed by atoms with Crippen LogP contribution < -0.4 is 14.8 Å². The number of aromatic nitrogens is 2. The molecule has 140 valence electrons. The lowest BCUT2D eigenvalue weighted by Crippen LogP contribution is -2.25. The summed E-state index contributed by atoms with van der Waals surface area (Å²) in [5.41, 5.74) is 2.54. The van der Waals surface area contributed by atoms with Crippen molar-refractivity contribution in [2.75, 3.05) is 20.8 Å². The van der Waals surface area contributed by atoms with E-state index in [4.69, 9.17) is 9.47 Å². The van der Waals surface area contributed by atoms with Crippen LogP contribution in [0.3, 0.4) is 0 Å². The molecular formula is C20H21N3O3S. The second kappa shape index (κ2) is 8.64. The Morgan fingerprint density at radius 3 is 2.67 bits per heavy atom. The fourth-order valence-corrected chi connectivity index (χ4v) is 3.61. The van der Waals surface area contributed by atoms with Gasteiger partial charge in [-0.2, -0.15) is 0 Å². The number of nitrogens with one attached hydrogen (secondary N) is 1. The van der Waals surface area contributed by atoms with E-state index in [0.29, 0.717) is 35.0 Å². The molecule has 2 aromatic heterocycles. The van der Waals surface area contributed by atoms with Crippen molar-refractivity contribution in [1.82, 2.24) is 15.3 Å². The highest BCUT2D eigenvalue weighted by Crippen LogP contribution is 2.34. The van der Waals surface area contributed by atoms with Crippen LogP contribution in [0.1, 0.15) is 21.1 Å². The number of carbonyl (C=O) groups excluding carboxylic acids is 1. The normalized spacial score (nSPS) is 10.5. The number of hydrogen-bond acceptors (Lipinski definition) is 6. The molecule has 0 atom stereocenters. The lowest BCUT2D eigenvalue weighted by molar-refractivity contribution is 0.0957. The van der Waals surface area contributed by atoms with E-state index in [1.165, 1.54) is 11.3 Å². The zero-order valence-corrected chi connectivity index (χ0v) is 16.3. The van der Waals surface area contributed by atoms with Gasteiger partial charge in [-0.05, 0) is 37.3 Å². The van der Waals surface area contributed by atoms with Gasteiger partial charge in [-0.3, -0.25) is 9.78 Å². The number of methoxy groups -OCH3 is 2. The predicted octanol–water partition coefficient (Wildman–Crippen LogP) is 3.50. The zero-order valence-electron chi connectivity index (χ0n) is 15.5. The Hall–Kier alpha value is -2.93. The van der Waals surface area contributed by atoms with Crippen molar-refractivity contribution in [2.45, 2.75) is 13.3 Å². The summed E-state index contributed by atoms with van der Waals surface area (Å²) in [6.07, 6.45) is 2.44. The molecule has 27 heavy (non-hydrogen) atoms. The monoisotopic (exact) mass is 383 g/mol. The van der Waals surface area contributed by atoms with Gasteiger partial charge in [0, 0.05) is 30.4 Å². The van der Waals surface area contributed by atoms with E-state index in [1.54, 1.807) is 20.4 Å². The summed E-state index contributed by atoms with van der Waals surface area (Å²) in [6, 6.07) is 11.4. The summed E-state index contributed by atoms with van der Waals surface area (Å²) >= 11 is 1.36. The minimum absolute atomic E-state index is 0.118. The lowest BCUT2D eigenvalue weighted by atomic mass is 10.2. The molecule has 6 nitrogen and oxygen atoms in total. The molecule has 2 heterocycles. The number of thiazole rings is 1. The maximum atomic E-state index is 12.5. The second-order valence-corrected chi connectivity index (χ2v) is 6.83. The minimum Gasteiger partial charge on any atom is -0.493 e. The average Bonchev–Trinajstić information content (AvgIpc) is 3.10. The highest BCUT2D eigenvalue weighted by molar-refractivity contribution is 7.17. The molecule has 0 aliphatic heterocycles. The Morgan fingerprint density at radius 2 is 1.96 bits per heavy atom. The van der Waals surface area contributed by atoms with Crippen LogP contribution in [-0.2, 0) is 6.42 Å². The molecule has 0 aliphatic rings. The standard InChI is InChI=1S/C20H21N3O3S/c1-13-18(19(24)22-11-9-15-6-4-5-10-21-15)27-20(23-13)14-7-8-16(25-2)17(12-14)26-3/h4-8,10,12H,9,11H2,1-3H3,(H,22,24). The van der Waals surface area contributed by atoms with Crippen molar-refractivity contribution >= 4 is 17.2 Å². The number of ether oxygens (including phenoxy) is 2. The molecule has 1 amide bonds. The third kappa shape index (κ3) is 4.43. The van der Waals surface area contributed by atoms with Gasteiger partial charge in [-0.1, -0.05) is 6.07 Å². The Morgan fingerprint density at radius 1 is 1.15 bits per heavy atom. The number of amides is 1. The largest absolute Gasteiger partial charge is 0.493 e. The zero-order chi connectivity index (χ0) is 19.2. The first kappa shape index (κ1) is 18.8. The number of hydrogen-bond donors (Lipinski definition) is 1. The number of rotatable bonds is 7. The molecule has 0 saturated heterocycles. The summed E-state index contributed by atoms with van der Waals surface area (Å²) in [6.45, 7) is 2.37. The summed E-state index contributed by atoms with van der Waals surface area (Å²) in [5.74, 6) is 1.17. The molecule has 0 bridgehead atoms. The molecule has 0 aliphatic carbocycles. The average molecular weight is 383 g/mol. The SMILES string of the molecule is COc1ccc(-c2nc(C)c(C(=O)NCCc3ccccn3)s2)cc1OC. The molecule has 0 radical (unpaired) electrons. The molecule has 0 fully saturated rings. The van der Waals surface area contributed by atoms with Crippen LogP contribution in [0.15, 0.2) is 42.6 Å². The van der Waals surface area contributed by atoms with Gasteiger partial charge in [0.15, 0.2) is 11.5 Å². The van der Waals surface area contributed by atoms with Gasteiger partial charge < -0.3 is 14.8 Å². The van der Waals surface area contributed by atoms with E-state index in [0.717, 1.165) is 16.3 Å². The molecule has 1 aromatic carbocycles. The Labute approximate surface area is 162 Å². The maximum absolute atomic E-state index is 12.5. The first-order valence-electron chi connectivity index (χ1n) is 8.50. The number of nitrogens with zero attached hydrogens (tertiary/aromatic N) is 2. The highest BCUT2D eigenvalue weighted by atomic mass is 32.1. The number of carbonyl (C=O) groups is 1.